The number of carbonyl (C=O) groups excluding carboxylic acids is 1. The van der Waals surface area contributed by atoms with E-state index in [-0.39, 0.29) is 16.4 Å². The molecular formula is C14H11ClN4O3S. The molecule has 1 aromatic carbocycles. The van der Waals surface area contributed by atoms with Crippen LogP contribution in [-0.2, 0) is 4.74 Å². The number of benzene rings is 1. The Hall–Kier alpha value is -2.45. The van der Waals surface area contributed by atoms with E-state index >= 15 is 0 Å². The second-order valence-electron chi connectivity index (χ2n) is 4.53. The Kier molecular flexibility index (Phi) is 4.01. The number of nitrogens with zero attached hydrogens (tertiary/aromatic N) is 3. The smallest absolute Gasteiger partial charge is 0.358 e. The van der Waals surface area contributed by atoms with E-state index in [9.17, 15) is 4.79 Å². The number of rotatable bonds is 3. The van der Waals surface area contributed by atoms with Gasteiger partial charge in [0.2, 0.25) is 0 Å². The maximum atomic E-state index is 11.8. The van der Waals surface area contributed by atoms with Gasteiger partial charge in [-0.3, -0.25) is 0 Å². The van der Waals surface area contributed by atoms with E-state index in [0.717, 1.165) is 11.7 Å². The molecule has 0 saturated heterocycles. The number of aromatic nitrogens is 3. The molecule has 0 spiro atoms. The van der Waals surface area contributed by atoms with Crippen molar-refractivity contribution in [1.82, 2.24) is 13.7 Å². The summed E-state index contributed by atoms with van der Waals surface area (Å²) in [5.74, 6) is -0.166. The fraction of sp³-hybridized carbons (Fsp3) is 0.143. The molecule has 118 valence electrons. The van der Waals surface area contributed by atoms with Crippen LogP contribution in [0.3, 0.4) is 0 Å². The van der Waals surface area contributed by atoms with Crippen LogP contribution in [0.2, 0.25) is 5.02 Å². The lowest BCUT2D eigenvalue weighted by molar-refractivity contribution is 0.0594. The summed E-state index contributed by atoms with van der Waals surface area (Å²) in [5, 5.41) is 0.0518. The van der Waals surface area contributed by atoms with Gasteiger partial charge in [0.15, 0.2) is 11.4 Å². The van der Waals surface area contributed by atoms with Gasteiger partial charge >= 0.3 is 5.97 Å². The Bertz CT molecular complexity index is 912. The van der Waals surface area contributed by atoms with Crippen molar-refractivity contribution in [2.24, 2.45) is 0 Å². The number of hydrogen-bond donors (Lipinski definition) is 1. The molecule has 3 aromatic rings. The molecule has 0 fully saturated rings. The molecule has 0 unspecified atom stereocenters. The molecule has 2 heterocycles. The molecular weight excluding hydrogens is 340 g/mol. The first-order valence-electron chi connectivity index (χ1n) is 6.40. The van der Waals surface area contributed by atoms with Gasteiger partial charge in [-0.15, -0.1) is 0 Å². The number of halogens is 1. The minimum atomic E-state index is -0.668. The minimum Gasteiger partial charge on any atom is -0.494 e. The molecule has 0 saturated carbocycles. The number of hydrogen-bond acceptors (Lipinski definition) is 8. The molecule has 3 rings (SSSR count). The third-order valence-corrected chi connectivity index (χ3v) is 4.17. The largest absolute Gasteiger partial charge is 0.494 e. The highest BCUT2D eigenvalue weighted by Crippen LogP contribution is 2.37. The summed E-state index contributed by atoms with van der Waals surface area (Å²) >= 11 is 7.12. The van der Waals surface area contributed by atoms with Gasteiger partial charge in [0.1, 0.15) is 11.0 Å². The van der Waals surface area contributed by atoms with Crippen molar-refractivity contribution in [3.05, 3.63) is 28.9 Å². The van der Waals surface area contributed by atoms with Crippen molar-refractivity contribution in [1.29, 1.82) is 0 Å². The first kappa shape index (κ1) is 15.4. The van der Waals surface area contributed by atoms with E-state index in [1.54, 1.807) is 18.2 Å². The lowest BCUT2D eigenvalue weighted by atomic mass is 10.1. The third-order valence-electron chi connectivity index (χ3n) is 3.23. The van der Waals surface area contributed by atoms with Crippen LogP contribution in [0.5, 0.6) is 5.75 Å². The number of ether oxygens (including phenoxy) is 2. The van der Waals surface area contributed by atoms with Gasteiger partial charge in [-0.05, 0) is 18.2 Å². The molecule has 0 radical (unpaired) electrons. The van der Waals surface area contributed by atoms with Crippen LogP contribution < -0.4 is 10.5 Å². The zero-order valence-corrected chi connectivity index (χ0v) is 13.7. The summed E-state index contributed by atoms with van der Waals surface area (Å²) in [7, 11) is 2.77. The molecule has 0 aliphatic heterocycles. The number of nitrogen functional groups attached to an aromatic ring is 1. The van der Waals surface area contributed by atoms with Crippen molar-refractivity contribution in [2.45, 2.75) is 0 Å². The normalized spacial score (nSPS) is 10.7. The van der Waals surface area contributed by atoms with Gasteiger partial charge in [-0.25, -0.2) is 9.78 Å². The number of pyridine rings is 1. The predicted molar refractivity (Wildman–Crippen MR) is 88.0 cm³/mol. The molecule has 0 aliphatic carbocycles. The zero-order chi connectivity index (χ0) is 16.6. The predicted octanol–water partition coefficient (Wildman–Crippen LogP) is 2.78. The van der Waals surface area contributed by atoms with E-state index in [4.69, 9.17) is 22.1 Å². The quantitative estimate of drug-likeness (QED) is 0.725. The molecule has 23 heavy (non-hydrogen) atoms. The first-order chi connectivity index (χ1) is 11.1. The van der Waals surface area contributed by atoms with Crippen LogP contribution in [0.1, 0.15) is 10.5 Å². The summed E-state index contributed by atoms with van der Waals surface area (Å²) in [4.78, 5) is 16.1. The monoisotopic (exact) mass is 350 g/mol. The molecule has 0 bridgehead atoms. The summed E-state index contributed by atoms with van der Waals surface area (Å²) in [5.41, 5.74) is 8.44. The number of fused-ring (bicyclic) bond motifs is 1. The van der Waals surface area contributed by atoms with Crippen molar-refractivity contribution in [3.8, 4) is 17.0 Å². The van der Waals surface area contributed by atoms with Gasteiger partial charge in [0.05, 0.1) is 42.4 Å². The molecule has 0 atom stereocenters. The van der Waals surface area contributed by atoms with Crippen molar-refractivity contribution < 1.29 is 14.3 Å². The molecule has 2 N–H and O–H groups in total. The summed E-state index contributed by atoms with van der Waals surface area (Å²) in [6.45, 7) is 0. The number of nitrogens with two attached hydrogens (primary N) is 1. The third kappa shape index (κ3) is 2.55. The zero-order valence-electron chi connectivity index (χ0n) is 12.2. The maximum absolute atomic E-state index is 11.8. The Morgan fingerprint density at radius 1 is 1.30 bits per heavy atom. The molecule has 2 aromatic heterocycles. The van der Waals surface area contributed by atoms with Crippen LogP contribution in [0.4, 0.5) is 5.69 Å². The maximum Gasteiger partial charge on any atom is 0.358 e. The highest BCUT2D eigenvalue weighted by Gasteiger charge is 2.20. The summed E-state index contributed by atoms with van der Waals surface area (Å²) < 4.78 is 18.5. The van der Waals surface area contributed by atoms with Crippen molar-refractivity contribution in [3.63, 3.8) is 0 Å². The van der Waals surface area contributed by atoms with Crippen molar-refractivity contribution >= 4 is 46.0 Å². The van der Waals surface area contributed by atoms with E-state index in [0.29, 0.717) is 28.0 Å². The van der Waals surface area contributed by atoms with E-state index in [2.05, 4.69) is 18.5 Å². The SMILES string of the molecule is COC(=O)c1nc(-c2ccc3nsnc3c2OC)cc(N)c1Cl. The van der Waals surface area contributed by atoms with Gasteiger partial charge in [0.25, 0.3) is 0 Å². The first-order valence-corrected chi connectivity index (χ1v) is 7.51. The molecule has 9 heteroatoms. The van der Waals surface area contributed by atoms with Crippen LogP contribution in [0.15, 0.2) is 18.2 Å². The lowest BCUT2D eigenvalue weighted by Crippen LogP contribution is -2.08. The molecule has 7 nitrogen and oxygen atoms in total. The average molecular weight is 351 g/mol. The fourth-order valence-electron chi connectivity index (χ4n) is 2.16. The lowest BCUT2D eigenvalue weighted by Gasteiger charge is -2.11. The van der Waals surface area contributed by atoms with Crippen LogP contribution >= 0.6 is 23.3 Å². The highest BCUT2D eigenvalue weighted by atomic mass is 35.5. The average Bonchev–Trinajstić information content (AvgIpc) is 3.04. The van der Waals surface area contributed by atoms with Gasteiger partial charge < -0.3 is 15.2 Å². The van der Waals surface area contributed by atoms with Gasteiger partial charge in [-0.2, -0.15) is 8.75 Å². The number of methoxy groups -OCH3 is 2. The molecule has 0 amide bonds. The summed E-state index contributed by atoms with van der Waals surface area (Å²) in [6.07, 6.45) is 0. The van der Waals surface area contributed by atoms with E-state index in [1.165, 1.54) is 14.2 Å². The molecule has 0 aliphatic rings. The van der Waals surface area contributed by atoms with Crippen molar-refractivity contribution in [2.75, 3.05) is 20.0 Å². The Balaban J connectivity index is 2.26. The topological polar surface area (TPSA) is 100 Å². The van der Waals surface area contributed by atoms with Crippen LogP contribution in [0, 0.1) is 0 Å². The fourth-order valence-corrected chi connectivity index (χ4v) is 2.86. The Morgan fingerprint density at radius 2 is 2.09 bits per heavy atom. The standard InChI is InChI=1S/C14H11ClN4O3S/c1-21-13-6(3-4-8-11(13)19-23-18-8)9-5-7(16)10(15)12(17-9)14(20)22-2/h3-5H,1-2H3,(H2,16,17). The van der Waals surface area contributed by atoms with Crippen LogP contribution in [0.25, 0.3) is 22.3 Å². The van der Waals surface area contributed by atoms with Gasteiger partial charge in [0, 0.05) is 5.56 Å². The second-order valence-corrected chi connectivity index (χ2v) is 5.44. The number of anilines is 1. The second kappa shape index (κ2) is 5.98. The Morgan fingerprint density at radius 3 is 2.78 bits per heavy atom. The Labute approximate surface area is 140 Å². The van der Waals surface area contributed by atoms with E-state index in [1.807, 2.05) is 0 Å². The highest BCUT2D eigenvalue weighted by molar-refractivity contribution is 7.00. The number of esters is 1. The minimum absolute atomic E-state index is 0.0518. The van der Waals surface area contributed by atoms with E-state index < -0.39 is 5.97 Å². The number of carbonyl (C=O) groups is 1. The summed E-state index contributed by atoms with van der Waals surface area (Å²) in [6, 6.07) is 5.14. The van der Waals surface area contributed by atoms with Crippen LogP contribution in [-0.4, -0.2) is 33.9 Å². The van der Waals surface area contributed by atoms with Gasteiger partial charge in [-0.1, -0.05) is 11.6 Å².